The van der Waals surface area contributed by atoms with Crippen LogP contribution >= 0.6 is 0 Å². The molecule has 17 heavy (non-hydrogen) atoms. The molecule has 2 rings (SSSR count). The summed E-state index contributed by atoms with van der Waals surface area (Å²) in [5.41, 5.74) is 1.45. The zero-order chi connectivity index (χ0) is 12.1. The average molecular weight is 232 g/mol. The van der Waals surface area contributed by atoms with Crippen LogP contribution in [-0.4, -0.2) is 20.2 Å². The van der Waals surface area contributed by atoms with Crippen molar-refractivity contribution in [1.82, 2.24) is 9.97 Å². The second-order valence-corrected chi connectivity index (χ2v) is 3.44. The number of aliphatic hydroxyl groups excluding tert-OH is 2. The van der Waals surface area contributed by atoms with Gasteiger partial charge in [-0.2, -0.15) is 0 Å². The van der Waals surface area contributed by atoms with Crippen molar-refractivity contribution < 1.29 is 14.9 Å². The van der Waals surface area contributed by atoms with Crippen molar-refractivity contribution in [1.29, 1.82) is 0 Å². The van der Waals surface area contributed by atoms with Gasteiger partial charge in [0.1, 0.15) is 5.75 Å². The van der Waals surface area contributed by atoms with E-state index in [1.807, 2.05) is 0 Å². The van der Waals surface area contributed by atoms with E-state index in [0.717, 1.165) is 5.56 Å². The Hall–Kier alpha value is -1.98. The topological polar surface area (TPSA) is 75.5 Å². The van der Waals surface area contributed by atoms with Gasteiger partial charge in [-0.1, -0.05) is 12.1 Å². The highest BCUT2D eigenvalue weighted by molar-refractivity contribution is 5.28. The Balaban J connectivity index is 2.08. The highest BCUT2D eigenvalue weighted by atomic mass is 16.5. The Bertz CT molecular complexity index is 423. The van der Waals surface area contributed by atoms with Gasteiger partial charge in [0.2, 0.25) is 0 Å². The van der Waals surface area contributed by atoms with Gasteiger partial charge < -0.3 is 14.9 Å². The van der Waals surface area contributed by atoms with Gasteiger partial charge in [0.15, 0.2) is 0 Å². The number of benzene rings is 1. The molecule has 5 heteroatoms. The summed E-state index contributed by atoms with van der Waals surface area (Å²) >= 11 is 0. The third kappa shape index (κ3) is 2.99. The standard InChI is InChI=1S/C12H12N2O3/c15-7-9-1-3-11(4-2-9)17-12-13-5-10(8-16)6-14-12/h1-6,15-16H,7-8H2. The predicted molar refractivity (Wildman–Crippen MR) is 60.4 cm³/mol. The molecule has 0 aliphatic carbocycles. The van der Waals surface area contributed by atoms with Crippen molar-refractivity contribution in [3.05, 3.63) is 47.8 Å². The highest BCUT2D eigenvalue weighted by Crippen LogP contribution is 2.17. The summed E-state index contributed by atoms with van der Waals surface area (Å²) in [7, 11) is 0. The van der Waals surface area contributed by atoms with Crippen LogP contribution in [0.15, 0.2) is 36.7 Å². The van der Waals surface area contributed by atoms with E-state index in [1.54, 1.807) is 24.3 Å². The lowest BCUT2D eigenvalue weighted by molar-refractivity contribution is 0.280. The molecule has 0 spiro atoms. The fourth-order valence-corrected chi connectivity index (χ4v) is 1.25. The summed E-state index contributed by atoms with van der Waals surface area (Å²) in [6, 6.07) is 7.21. The molecule has 0 bridgehead atoms. The van der Waals surface area contributed by atoms with Gasteiger partial charge in [-0.25, -0.2) is 9.97 Å². The monoisotopic (exact) mass is 232 g/mol. The van der Waals surface area contributed by atoms with Gasteiger partial charge in [-0.05, 0) is 17.7 Å². The Kier molecular flexibility index (Phi) is 3.64. The van der Waals surface area contributed by atoms with E-state index < -0.39 is 0 Å². The SMILES string of the molecule is OCc1ccc(Oc2ncc(CO)cn2)cc1. The van der Waals surface area contributed by atoms with Crippen molar-refractivity contribution in [3.8, 4) is 11.8 Å². The molecular weight excluding hydrogens is 220 g/mol. The largest absolute Gasteiger partial charge is 0.424 e. The molecule has 2 aromatic rings. The minimum Gasteiger partial charge on any atom is -0.424 e. The van der Waals surface area contributed by atoms with Crippen molar-refractivity contribution in [3.63, 3.8) is 0 Å². The van der Waals surface area contributed by atoms with Crippen LogP contribution in [0.3, 0.4) is 0 Å². The molecule has 88 valence electrons. The van der Waals surface area contributed by atoms with E-state index in [0.29, 0.717) is 11.3 Å². The van der Waals surface area contributed by atoms with E-state index in [4.69, 9.17) is 14.9 Å². The maximum absolute atomic E-state index is 8.89. The van der Waals surface area contributed by atoms with Crippen LogP contribution in [0, 0.1) is 0 Å². The molecular formula is C12H12N2O3. The zero-order valence-corrected chi connectivity index (χ0v) is 9.08. The van der Waals surface area contributed by atoms with Crippen LogP contribution < -0.4 is 4.74 Å². The molecule has 0 aliphatic rings. The van der Waals surface area contributed by atoms with Gasteiger partial charge in [0, 0.05) is 18.0 Å². The van der Waals surface area contributed by atoms with Crippen molar-refractivity contribution in [2.75, 3.05) is 0 Å². The van der Waals surface area contributed by atoms with E-state index in [-0.39, 0.29) is 19.2 Å². The molecule has 0 unspecified atom stereocenters. The summed E-state index contributed by atoms with van der Waals surface area (Å²) in [6.45, 7) is -0.0898. The number of hydrogen-bond acceptors (Lipinski definition) is 5. The van der Waals surface area contributed by atoms with E-state index >= 15 is 0 Å². The van der Waals surface area contributed by atoms with Gasteiger partial charge in [0.05, 0.1) is 13.2 Å². The van der Waals surface area contributed by atoms with Gasteiger partial charge in [0.25, 0.3) is 0 Å². The smallest absolute Gasteiger partial charge is 0.321 e. The number of ether oxygens (including phenoxy) is 1. The lowest BCUT2D eigenvalue weighted by Gasteiger charge is -2.04. The first-order valence-electron chi connectivity index (χ1n) is 5.11. The number of aromatic nitrogens is 2. The fourth-order valence-electron chi connectivity index (χ4n) is 1.25. The predicted octanol–water partition coefficient (Wildman–Crippen LogP) is 1.25. The maximum Gasteiger partial charge on any atom is 0.321 e. The van der Waals surface area contributed by atoms with Crippen molar-refractivity contribution >= 4 is 0 Å². The molecule has 0 atom stereocenters. The summed E-state index contributed by atoms with van der Waals surface area (Å²) in [5, 5.41) is 17.7. The first-order valence-corrected chi connectivity index (χ1v) is 5.11. The van der Waals surface area contributed by atoms with E-state index in [9.17, 15) is 0 Å². The Morgan fingerprint density at radius 1 is 0.882 bits per heavy atom. The first-order chi connectivity index (χ1) is 8.31. The Morgan fingerprint density at radius 2 is 1.47 bits per heavy atom. The minimum atomic E-state index is -0.0918. The summed E-state index contributed by atoms with van der Waals surface area (Å²) in [4.78, 5) is 7.89. The molecule has 1 aromatic heterocycles. The number of nitrogens with zero attached hydrogens (tertiary/aromatic N) is 2. The van der Waals surface area contributed by atoms with Crippen molar-refractivity contribution in [2.45, 2.75) is 13.2 Å². The molecule has 0 radical (unpaired) electrons. The molecule has 0 aliphatic heterocycles. The van der Waals surface area contributed by atoms with Gasteiger partial charge in [-0.15, -0.1) is 0 Å². The normalized spacial score (nSPS) is 10.2. The minimum absolute atomic E-state index is 0.00196. The van der Waals surface area contributed by atoms with Crippen LogP contribution in [0.1, 0.15) is 11.1 Å². The molecule has 0 saturated heterocycles. The van der Waals surface area contributed by atoms with Crippen molar-refractivity contribution in [2.24, 2.45) is 0 Å². The molecule has 1 aromatic carbocycles. The summed E-state index contributed by atoms with van der Waals surface area (Å²) in [5.74, 6) is 0.596. The molecule has 0 saturated carbocycles. The molecule has 0 amide bonds. The molecule has 0 fully saturated rings. The molecule has 5 nitrogen and oxygen atoms in total. The van der Waals surface area contributed by atoms with Crippen LogP contribution in [0.5, 0.6) is 11.8 Å². The summed E-state index contributed by atoms with van der Waals surface area (Å²) < 4.78 is 5.39. The maximum atomic E-state index is 8.89. The first kappa shape index (κ1) is 11.5. The summed E-state index contributed by atoms with van der Waals surface area (Å²) in [6.07, 6.45) is 3.01. The second kappa shape index (κ2) is 5.38. The third-order valence-corrected chi connectivity index (χ3v) is 2.18. The lowest BCUT2D eigenvalue weighted by Crippen LogP contribution is -1.94. The van der Waals surface area contributed by atoms with Crippen LogP contribution in [0.25, 0.3) is 0 Å². The average Bonchev–Trinajstić information content (AvgIpc) is 2.40. The second-order valence-electron chi connectivity index (χ2n) is 3.44. The van der Waals surface area contributed by atoms with E-state index in [1.165, 1.54) is 12.4 Å². The number of aliphatic hydroxyl groups is 2. The molecule has 2 N–H and O–H groups in total. The third-order valence-electron chi connectivity index (χ3n) is 2.18. The molecule has 1 heterocycles. The van der Waals surface area contributed by atoms with Gasteiger partial charge >= 0.3 is 6.01 Å². The Morgan fingerprint density at radius 3 is 2.00 bits per heavy atom. The number of rotatable bonds is 4. The van der Waals surface area contributed by atoms with Crippen LogP contribution in [-0.2, 0) is 13.2 Å². The quantitative estimate of drug-likeness (QED) is 0.829. The lowest BCUT2D eigenvalue weighted by atomic mass is 10.2. The number of hydrogen-bond donors (Lipinski definition) is 2. The van der Waals surface area contributed by atoms with E-state index in [2.05, 4.69) is 9.97 Å². The zero-order valence-electron chi connectivity index (χ0n) is 9.08. The highest BCUT2D eigenvalue weighted by Gasteiger charge is 2.00. The Labute approximate surface area is 98.4 Å². The van der Waals surface area contributed by atoms with Crippen LogP contribution in [0.2, 0.25) is 0 Å². The van der Waals surface area contributed by atoms with Gasteiger partial charge in [-0.3, -0.25) is 0 Å². The van der Waals surface area contributed by atoms with Crippen LogP contribution in [0.4, 0.5) is 0 Å². The fraction of sp³-hybridized carbons (Fsp3) is 0.167.